The number of carbonyl (C=O) groups is 1. The first-order valence-electron chi connectivity index (χ1n) is 9.87. The van der Waals surface area contributed by atoms with Gasteiger partial charge in [0.05, 0.1) is 20.3 Å². The molecule has 1 amide bonds. The third kappa shape index (κ3) is 4.24. The van der Waals surface area contributed by atoms with Crippen molar-refractivity contribution in [3.05, 3.63) is 35.7 Å². The van der Waals surface area contributed by atoms with E-state index in [4.69, 9.17) is 14.5 Å². The average molecular weight is 398 g/mol. The van der Waals surface area contributed by atoms with Crippen molar-refractivity contribution in [1.29, 1.82) is 0 Å². The second-order valence-electron chi connectivity index (χ2n) is 7.11. The van der Waals surface area contributed by atoms with Crippen LogP contribution in [-0.2, 0) is 4.74 Å². The van der Waals surface area contributed by atoms with Gasteiger partial charge in [-0.25, -0.2) is 9.97 Å². The molecule has 0 spiro atoms. The molecule has 0 radical (unpaired) electrons. The molecule has 0 unspecified atom stereocenters. The highest BCUT2D eigenvalue weighted by molar-refractivity contribution is 5.96. The van der Waals surface area contributed by atoms with E-state index in [0.29, 0.717) is 37.6 Å². The minimum absolute atomic E-state index is 0.0613. The average Bonchev–Trinajstić information content (AvgIpc) is 2.79. The fourth-order valence-corrected chi connectivity index (χ4v) is 3.63. The minimum atomic E-state index is -0.0613. The fourth-order valence-electron chi connectivity index (χ4n) is 3.63. The van der Waals surface area contributed by atoms with Gasteiger partial charge in [0.25, 0.3) is 5.91 Å². The molecule has 0 aliphatic carbocycles. The summed E-state index contributed by atoms with van der Waals surface area (Å²) in [7, 11) is 1.53. The number of methoxy groups -OCH3 is 1. The maximum atomic E-state index is 12.9. The van der Waals surface area contributed by atoms with Crippen LogP contribution < -0.4 is 14.5 Å². The van der Waals surface area contributed by atoms with Gasteiger partial charge in [-0.15, -0.1) is 0 Å². The van der Waals surface area contributed by atoms with Crippen molar-refractivity contribution in [2.45, 2.75) is 6.92 Å². The molecule has 2 saturated heterocycles. The highest BCUT2D eigenvalue weighted by Crippen LogP contribution is 2.21. The van der Waals surface area contributed by atoms with Crippen molar-refractivity contribution in [2.24, 2.45) is 0 Å². The predicted molar refractivity (Wildman–Crippen MR) is 109 cm³/mol. The largest absolute Gasteiger partial charge is 0.480 e. The van der Waals surface area contributed by atoms with Gasteiger partial charge >= 0.3 is 0 Å². The van der Waals surface area contributed by atoms with Crippen LogP contribution in [0.4, 0.5) is 11.8 Å². The number of hydrogen-bond donors (Lipinski definition) is 0. The molecule has 2 fully saturated rings. The Bertz CT molecular complexity index is 863. The van der Waals surface area contributed by atoms with Gasteiger partial charge in [-0.1, -0.05) is 0 Å². The Morgan fingerprint density at radius 1 is 1.07 bits per heavy atom. The smallest absolute Gasteiger partial charge is 0.259 e. The van der Waals surface area contributed by atoms with Crippen LogP contribution in [0.25, 0.3) is 0 Å². The number of ether oxygens (including phenoxy) is 2. The Balaban J connectivity index is 1.44. The summed E-state index contributed by atoms with van der Waals surface area (Å²) >= 11 is 0. The van der Waals surface area contributed by atoms with Crippen LogP contribution in [0.15, 0.2) is 24.4 Å². The van der Waals surface area contributed by atoms with Crippen molar-refractivity contribution in [2.75, 3.05) is 69.4 Å². The van der Waals surface area contributed by atoms with E-state index in [1.165, 1.54) is 7.11 Å². The number of pyridine rings is 1. The first kappa shape index (κ1) is 19.4. The molecule has 2 aliphatic rings. The van der Waals surface area contributed by atoms with Crippen LogP contribution in [0.3, 0.4) is 0 Å². The monoisotopic (exact) mass is 398 g/mol. The molecule has 2 aliphatic heterocycles. The first-order valence-corrected chi connectivity index (χ1v) is 9.87. The molecule has 0 aromatic carbocycles. The van der Waals surface area contributed by atoms with Crippen LogP contribution in [0.5, 0.6) is 5.88 Å². The Kier molecular flexibility index (Phi) is 5.75. The van der Waals surface area contributed by atoms with Crippen molar-refractivity contribution < 1.29 is 14.3 Å². The quantitative estimate of drug-likeness (QED) is 0.754. The Labute approximate surface area is 170 Å². The van der Waals surface area contributed by atoms with Crippen LogP contribution in [0.2, 0.25) is 0 Å². The molecule has 0 atom stereocenters. The van der Waals surface area contributed by atoms with Gasteiger partial charge < -0.3 is 24.2 Å². The Morgan fingerprint density at radius 2 is 1.83 bits per heavy atom. The Hall–Kier alpha value is -2.94. The van der Waals surface area contributed by atoms with E-state index >= 15 is 0 Å². The zero-order chi connectivity index (χ0) is 20.2. The predicted octanol–water partition coefficient (Wildman–Crippen LogP) is 0.988. The SMILES string of the molecule is COc1ncccc1C(=O)N1CCN(c2nc(C)cc(N3CCOCC3)n2)CC1. The summed E-state index contributed by atoms with van der Waals surface area (Å²) in [5.74, 6) is 1.96. The lowest BCUT2D eigenvalue weighted by atomic mass is 10.2. The van der Waals surface area contributed by atoms with Gasteiger partial charge in [-0.2, -0.15) is 4.98 Å². The molecule has 4 rings (SSSR count). The summed E-state index contributed by atoms with van der Waals surface area (Å²) in [5.41, 5.74) is 1.43. The molecule has 2 aromatic rings. The normalized spacial score (nSPS) is 17.4. The number of aryl methyl sites for hydroxylation is 1. The molecule has 0 N–H and O–H groups in total. The fraction of sp³-hybridized carbons (Fsp3) is 0.500. The molecule has 29 heavy (non-hydrogen) atoms. The van der Waals surface area contributed by atoms with Gasteiger partial charge in [0.1, 0.15) is 11.4 Å². The molecular weight excluding hydrogens is 372 g/mol. The number of nitrogens with zero attached hydrogens (tertiary/aromatic N) is 6. The van der Waals surface area contributed by atoms with Gasteiger partial charge in [0, 0.05) is 57.2 Å². The maximum Gasteiger partial charge on any atom is 0.259 e. The number of amides is 1. The van der Waals surface area contributed by atoms with E-state index in [0.717, 1.165) is 43.8 Å². The van der Waals surface area contributed by atoms with Crippen LogP contribution in [0.1, 0.15) is 16.1 Å². The van der Waals surface area contributed by atoms with Crippen LogP contribution in [0, 0.1) is 6.92 Å². The first-order chi connectivity index (χ1) is 14.2. The number of piperazine rings is 1. The summed E-state index contributed by atoms with van der Waals surface area (Å²) < 4.78 is 10.7. The van der Waals surface area contributed by atoms with E-state index in [1.54, 1.807) is 18.3 Å². The van der Waals surface area contributed by atoms with Gasteiger partial charge in [0.2, 0.25) is 11.8 Å². The zero-order valence-corrected chi connectivity index (χ0v) is 16.9. The molecular formula is C20H26N6O3. The second-order valence-corrected chi connectivity index (χ2v) is 7.11. The number of morpholine rings is 1. The van der Waals surface area contributed by atoms with E-state index in [-0.39, 0.29) is 5.91 Å². The number of anilines is 2. The van der Waals surface area contributed by atoms with Gasteiger partial charge in [-0.05, 0) is 19.1 Å². The van der Waals surface area contributed by atoms with E-state index in [1.807, 2.05) is 17.9 Å². The number of hydrogen-bond acceptors (Lipinski definition) is 8. The molecule has 0 bridgehead atoms. The Morgan fingerprint density at radius 3 is 2.55 bits per heavy atom. The molecule has 2 aromatic heterocycles. The van der Waals surface area contributed by atoms with E-state index in [9.17, 15) is 4.79 Å². The second kappa shape index (κ2) is 8.60. The van der Waals surface area contributed by atoms with E-state index < -0.39 is 0 Å². The molecule has 9 nitrogen and oxygen atoms in total. The van der Waals surface area contributed by atoms with Gasteiger partial charge in [0.15, 0.2) is 0 Å². The zero-order valence-electron chi connectivity index (χ0n) is 16.9. The lowest BCUT2D eigenvalue weighted by molar-refractivity contribution is 0.0742. The standard InChI is InChI=1S/C20H26N6O3/c1-15-14-17(24-10-12-29-13-11-24)23-20(22-15)26-8-6-25(7-9-26)19(27)16-4-3-5-21-18(16)28-2/h3-5,14H,6-13H2,1-2H3. The summed E-state index contributed by atoms with van der Waals surface area (Å²) in [6, 6.07) is 5.52. The number of aromatic nitrogens is 3. The van der Waals surface area contributed by atoms with Crippen LogP contribution in [-0.4, -0.2) is 85.4 Å². The maximum absolute atomic E-state index is 12.9. The highest BCUT2D eigenvalue weighted by Gasteiger charge is 2.26. The van der Waals surface area contributed by atoms with Crippen LogP contribution >= 0.6 is 0 Å². The van der Waals surface area contributed by atoms with Crippen molar-refractivity contribution in [3.63, 3.8) is 0 Å². The van der Waals surface area contributed by atoms with Crippen molar-refractivity contribution in [3.8, 4) is 5.88 Å². The highest BCUT2D eigenvalue weighted by atomic mass is 16.5. The molecule has 4 heterocycles. The summed E-state index contributed by atoms with van der Waals surface area (Å²) in [6.45, 7) is 7.66. The topological polar surface area (TPSA) is 83.9 Å². The number of carbonyl (C=O) groups excluding carboxylic acids is 1. The minimum Gasteiger partial charge on any atom is -0.480 e. The lowest BCUT2D eigenvalue weighted by Crippen LogP contribution is -2.49. The molecule has 154 valence electrons. The third-order valence-corrected chi connectivity index (χ3v) is 5.21. The third-order valence-electron chi connectivity index (χ3n) is 5.21. The summed E-state index contributed by atoms with van der Waals surface area (Å²) in [6.07, 6.45) is 1.62. The number of rotatable bonds is 4. The van der Waals surface area contributed by atoms with Crippen molar-refractivity contribution in [1.82, 2.24) is 19.9 Å². The molecule has 0 saturated carbocycles. The lowest BCUT2D eigenvalue weighted by Gasteiger charge is -2.35. The van der Waals surface area contributed by atoms with Gasteiger partial charge in [-0.3, -0.25) is 4.79 Å². The van der Waals surface area contributed by atoms with Crippen molar-refractivity contribution >= 4 is 17.7 Å². The van der Waals surface area contributed by atoms with E-state index in [2.05, 4.69) is 19.8 Å². The molecule has 9 heteroatoms. The summed E-state index contributed by atoms with van der Waals surface area (Å²) in [5, 5.41) is 0. The summed E-state index contributed by atoms with van der Waals surface area (Å²) in [4.78, 5) is 32.6.